The number of benzene rings is 2. The van der Waals surface area contributed by atoms with Gasteiger partial charge in [0.05, 0.1) is 11.4 Å². The largest absolute Gasteiger partial charge is 0.328 e. The molecule has 1 aliphatic heterocycles. The molecule has 148 valence electrons. The molecule has 3 rings (SSSR count). The van der Waals surface area contributed by atoms with E-state index in [1.807, 2.05) is 85.4 Å². The third kappa shape index (κ3) is 3.85. The topological polar surface area (TPSA) is 67.6 Å². The molecule has 2 aromatic rings. The molecule has 2 aromatic carbocycles. The molecule has 0 aliphatic carbocycles. The van der Waals surface area contributed by atoms with Gasteiger partial charge in [0.2, 0.25) is 5.91 Å². The molecule has 1 aliphatic rings. The number of para-hydroxylation sites is 3. The first-order chi connectivity index (χ1) is 14.0. The molecule has 6 nitrogen and oxygen atoms in total. The first kappa shape index (κ1) is 20.2. The molecule has 0 N–H and O–H groups in total. The highest BCUT2D eigenvalue weighted by Gasteiger charge is 2.31. The maximum atomic E-state index is 12.9. The molecule has 6 heteroatoms. The van der Waals surface area contributed by atoms with Gasteiger partial charge in [0.1, 0.15) is 17.5 Å². The lowest BCUT2D eigenvalue weighted by atomic mass is 10.1. The number of nitrogens with zero attached hydrogens (tertiary/aromatic N) is 4. The van der Waals surface area contributed by atoms with E-state index in [0.29, 0.717) is 12.4 Å². The van der Waals surface area contributed by atoms with Crippen molar-refractivity contribution >= 4 is 28.8 Å². The van der Waals surface area contributed by atoms with Crippen LogP contribution in [0.1, 0.15) is 19.8 Å². The Bertz CT molecular complexity index is 960. The quantitative estimate of drug-likeness (QED) is 0.557. The summed E-state index contributed by atoms with van der Waals surface area (Å²) in [6.07, 6.45) is 0.0486. The summed E-state index contributed by atoms with van der Waals surface area (Å²) in [6, 6.07) is 19.2. The van der Waals surface area contributed by atoms with Crippen molar-refractivity contribution in [1.82, 2.24) is 0 Å². The second kappa shape index (κ2) is 8.61. The monoisotopic (exact) mass is 388 g/mol. The van der Waals surface area contributed by atoms with Crippen molar-refractivity contribution in [3.05, 3.63) is 66.0 Å². The molecule has 0 atom stereocenters. The fraction of sp³-hybridized carbons (Fsp3) is 0.261. The lowest BCUT2D eigenvalue weighted by molar-refractivity contribution is -0.122. The summed E-state index contributed by atoms with van der Waals surface area (Å²) in [6.45, 7) is 2.42. The second-order valence-corrected chi connectivity index (χ2v) is 6.81. The number of allylic oxidation sites excluding steroid dienone is 1. The Labute approximate surface area is 171 Å². The highest BCUT2D eigenvalue weighted by atomic mass is 16.2. The van der Waals surface area contributed by atoms with Gasteiger partial charge in [-0.3, -0.25) is 9.59 Å². The maximum Gasteiger partial charge on any atom is 0.227 e. The first-order valence-corrected chi connectivity index (χ1v) is 9.59. The van der Waals surface area contributed by atoms with Gasteiger partial charge < -0.3 is 14.7 Å². The number of anilines is 3. The van der Waals surface area contributed by atoms with Gasteiger partial charge in [-0.1, -0.05) is 30.3 Å². The van der Waals surface area contributed by atoms with Crippen LogP contribution in [0.5, 0.6) is 0 Å². The van der Waals surface area contributed by atoms with Crippen LogP contribution < -0.4 is 14.7 Å². The summed E-state index contributed by atoms with van der Waals surface area (Å²) >= 11 is 0. The number of rotatable bonds is 6. The number of carbonyl (C=O) groups is 2. The fourth-order valence-corrected chi connectivity index (χ4v) is 3.65. The average molecular weight is 388 g/mol. The van der Waals surface area contributed by atoms with Crippen LogP contribution in [0.15, 0.2) is 66.0 Å². The molecule has 0 saturated carbocycles. The van der Waals surface area contributed by atoms with E-state index in [4.69, 9.17) is 0 Å². The summed E-state index contributed by atoms with van der Waals surface area (Å²) in [7, 11) is 3.67. The van der Waals surface area contributed by atoms with Crippen molar-refractivity contribution in [2.45, 2.75) is 19.8 Å². The third-order valence-corrected chi connectivity index (χ3v) is 5.11. The zero-order valence-corrected chi connectivity index (χ0v) is 16.9. The van der Waals surface area contributed by atoms with E-state index in [9.17, 15) is 14.9 Å². The number of ketones is 1. The maximum absolute atomic E-state index is 12.9. The Hall–Kier alpha value is -3.59. The Morgan fingerprint density at radius 3 is 2.00 bits per heavy atom. The van der Waals surface area contributed by atoms with Crippen molar-refractivity contribution in [3.8, 4) is 6.07 Å². The summed E-state index contributed by atoms with van der Waals surface area (Å²) in [5.41, 5.74) is 2.74. The normalized spacial score (nSPS) is 12.4. The van der Waals surface area contributed by atoms with Gasteiger partial charge in [-0.2, -0.15) is 5.26 Å². The lowest BCUT2D eigenvalue weighted by Crippen LogP contribution is -2.31. The Balaban J connectivity index is 1.77. The summed E-state index contributed by atoms with van der Waals surface area (Å²) in [5.74, 6) is 0.0822. The zero-order chi connectivity index (χ0) is 21.0. The minimum absolute atomic E-state index is 0.00736. The van der Waals surface area contributed by atoms with Crippen molar-refractivity contribution < 1.29 is 9.59 Å². The predicted molar refractivity (Wildman–Crippen MR) is 115 cm³/mol. The Morgan fingerprint density at radius 1 is 0.931 bits per heavy atom. The lowest BCUT2D eigenvalue weighted by Gasteiger charge is -2.21. The Morgan fingerprint density at radius 2 is 1.48 bits per heavy atom. The molecule has 0 fully saturated rings. The van der Waals surface area contributed by atoms with E-state index in [1.165, 1.54) is 0 Å². The van der Waals surface area contributed by atoms with Gasteiger partial charge in [0, 0.05) is 39.2 Å². The van der Waals surface area contributed by atoms with Crippen LogP contribution in [-0.2, 0) is 9.59 Å². The van der Waals surface area contributed by atoms with Gasteiger partial charge in [0.15, 0.2) is 5.78 Å². The summed E-state index contributed by atoms with van der Waals surface area (Å²) in [5, 5.41) is 9.69. The number of carbonyl (C=O) groups excluding carboxylic acids is 2. The van der Waals surface area contributed by atoms with Crippen molar-refractivity contribution in [1.29, 1.82) is 5.26 Å². The minimum Gasteiger partial charge on any atom is -0.328 e. The van der Waals surface area contributed by atoms with Gasteiger partial charge >= 0.3 is 0 Å². The first-order valence-electron chi connectivity index (χ1n) is 9.59. The van der Waals surface area contributed by atoms with Crippen molar-refractivity contribution in [2.75, 3.05) is 35.3 Å². The van der Waals surface area contributed by atoms with E-state index in [2.05, 4.69) is 6.07 Å². The van der Waals surface area contributed by atoms with Crippen LogP contribution in [0, 0.1) is 11.3 Å². The average Bonchev–Trinajstić information content (AvgIpc) is 3.00. The number of amides is 1. The molecule has 29 heavy (non-hydrogen) atoms. The van der Waals surface area contributed by atoms with Gasteiger partial charge in [0.25, 0.3) is 0 Å². The van der Waals surface area contributed by atoms with Crippen LogP contribution in [0.2, 0.25) is 0 Å². The van der Waals surface area contributed by atoms with Crippen LogP contribution in [0.4, 0.5) is 17.1 Å². The predicted octanol–water partition coefficient (Wildman–Crippen LogP) is 3.71. The fourth-order valence-electron chi connectivity index (χ4n) is 3.65. The minimum atomic E-state index is -0.327. The highest BCUT2D eigenvalue weighted by molar-refractivity contribution is 6.05. The standard InChI is InChI=1S/C23H24N4O2/c1-4-27(17-10-6-5-7-11-17)22(29)15-14-21(28)18(16-24)23-25(2)19-12-8-9-13-20(19)26(23)3/h5-13H,4,14-15H2,1-3H3. The summed E-state index contributed by atoms with van der Waals surface area (Å²) < 4.78 is 0. The molecule has 1 amide bonds. The van der Waals surface area contributed by atoms with E-state index in [0.717, 1.165) is 17.1 Å². The van der Waals surface area contributed by atoms with E-state index in [-0.39, 0.29) is 30.1 Å². The van der Waals surface area contributed by atoms with E-state index in [1.54, 1.807) is 4.90 Å². The summed E-state index contributed by atoms with van der Waals surface area (Å²) in [4.78, 5) is 30.9. The van der Waals surface area contributed by atoms with Crippen molar-refractivity contribution in [3.63, 3.8) is 0 Å². The zero-order valence-electron chi connectivity index (χ0n) is 16.9. The molecular formula is C23H24N4O2. The molecule has 0 spiro atoms. The third-order valence-electron chi connectivity index (χ3n) is 5.11. The molecule has 0 bridgehead atoms. The van der Waals surface area contributed by atoms with Gasteiger partial charge in [-0.25, -0.2) is 0 Å². The molecule has 0 aromatic heterocycles. The smallest absolute Gasteiger partial charge is 0.227 e. The van der Waals surface area contributed by atoms with Crippen molar-refractivity contribution in [2.24, 2.45) is 0 Å². The van der Waals surface area contributed by atoms with Crippen LogP contribution in [-0.4, -0.2) is 32.3 Å². The number of Topliss-reactive ketones (excluding diaryl/α,β-unsaturated/α-hetero) is 1. The second-order valence-electron chi connectivity index (χ2n) is 6.81. The number of hydrogen-bond donors (Lipinski definition) is 0. The number of hydrogen-bond acceptors (Lipinski definition) is 5. The number of nitriles is 1. The van der Waals surface area contributed by atoms with Gasteiger partial charge in [-0.05, 0) is 31.2 Å². The molecular weight excluding hydrogens is 364 g/mol. The van der Waals surface area contributed by atoms with Crippen LogP contribution in [0.3, 0.4) is 0 Å². The molecule has 0 radical (unpaired) electrons. The van der Waals surface area contributed by atoms with Gasteiger partial charge in [-0.15, -0.1) is 0 Å². The highest BCUT2D eigenvalue weighted by Crippen LogP contribution is 2.40. The van der Waals surface area contributed by atoms with Crippen LogP contribution >= 0.6 is 0 Å². The van der Waals surface area contributed by atoms with E-state index < -0.39 is 0 Å². The number of fused-ring (bicyclic) bond motifs is 1. The Kier molecular flexibility index (Phi) is 5.99. The van der Waals surface area contributed by atoms with Crippen LogP contribution in [0.25, 0.3) is 0 Å². The van der Waals surface area contributed by atoms with E-state index >= 15 is 0 Å². The SMILES string of the molecule is CCN(C(=O)CCC(=O)C(C#N)=C1N(C)c2ccccc2N1C)c1ccccc1. The molecule has 1 heterocycles. The molecule has 0 unspecified atom stereocenters. The molecule has 0 saturated heterocycles.